The van der Waals surface area contributed by atoms with Crippen LogP contribution < -0.4 is 5.32 Å². The predicted molar refractivity (Wildman–Crippen MR) is 79.9 cm³/mol. The third-order valence-electron chi connectivity index (χ3n) is 3.01. The van der Waals surface area contributed by atoms with Crippen molar-refractivity contribution in [2.75, 3.05) is 0 Å². The van der Waals surface area contributed by atoms with Crippen molar-refractivity contribution in [3.63, 3.8) is 0 Å². The summed E-state index contributed by atoms with van der Waals surface area (Å²) in [6, 6.07) is 7.76. The van der Waals surface area contributed by atoms with E-state index >= 15 is 0 Å². The smallest absolute Gasteiger partial charge is 0.193 e. The molecular formula is C13H13BrN2OS. The largest absolute Gasteiger partial charge is 0.353 e. The highest BCUT2D eigenvalue weighted by Crippen LogP contribution is 2.28. The summed E-state index contributed by atoms with van der Waals surface area (Å²) in [4.78, 5) is 16.0. The Bertz CT molecular complexity index is 524. The second-order valence-corrected chi connectivity index (χ2v) is 5.62. The number of thiocarbonyl (C=S) groups is 1. The van der Waals surface area contributed by atoms with E-state index in [1.165, 1.54) is 0 Å². The number of benzene rings is 1. The molecule has 1 aromatic carbocycles. The molecule has 2 atom stereocenters. The maximum Gasteiger partial charge on any atom is 0.193 e. The number of ketones is 1. The molecule has 3 nitrogen and oxygen atoms in total. The van der Waals surface area contributed by atoms with Gasteiger partial charge in [-0.25, -0.2) is 4.99 Å². The van der Waals surface area contributed by atoms with Gasteiger partial charge in [0.25, 0.3) is 0 Å². The maximum absolute atomic E-state index is 11.8. The van der Waals surface area contributed by atoms with Crippen molar-refractivity contribution in [1.82, 2.24) is 5.32 Å². The third-order valence-corrected chi connectivity index (χ3v) is 3.75. The van der Waals surface area contributed by atoms with Crippen molar-refractivity contribution in [2.24, 2.45) is 10.9 Å². The summed E-state index contributed by atoms with van der Waals surface area (Å²) in [5, 5.41) is 3.56. The molecule has 1 aromatic rings. The lowest BCUT2D eigenvalue weighted by molar-refractivity contribution is -0.119. The van der Waals surface area contributed by atoms with Crippen LogP contribution in [0.3, 0.4) is 0 Å². The number of halogens is 1. The van der Waals surface area contributed by atoms with E-state index in [1.807, 2.05) is 31.2 Å². The molecule has 1 heterocycles. The van der Waals surface area contributed by atoms with Crippen LogP contribution in [0.4, 0.5) is 0 Å². The van der Waals surface area contributed by atoms with Crippen LogP contribution in [0.5, 0.6) is 0 Å². The number of rotatable bonds is 2. The summed E-state index contributed by atoms with van der Waals surface area (Å²) in [5.74, 6) is -0.156. The van der Waals surface area contributed by atoms with Crippen LogP contribution in [-0.2, 0) is 4.79 Å². The van der Waals surface area contributed by atoms with E-state index in [1.54, 1.807) is 6.92 Å². The molecule has 0 aromatic heterocycles. The van der Waals surface area contributed by atoms with Gasteiger partial charge >= 0.3 is 0 Å². The summed E-state index contributed by atoms with van der Waals surface area (Å²) < 4.78 is 1.01. The van der Waals surface area contributed by atoms with Crippen molar-refractivity contribution in [3.8, 4) is 0 Å². The third kappa shape index (κ3) is 2.67. The lowest BCUT2D eigenvalue weighted by Crippen LogP contribution is -2.42. The molecule has 0 radical (unpaired) electrons. The van der Waals surface area contributed by atoms with Crippen LogP contribution in [0.1, 0.15) is 25.5 Å². The van der Waals surface area contributed by atoms with Gasteiger partial charge in [0, 0.05) is 10.2 Å². The lowest BCUT2D eigenvalue weighted by Gasteiger charge is -2.30. The lowest BCUT2D eigenvalue weighted by atomic mass is 9.86. The molecule has 0 spiro atoms. The van der Waals surface area contributed by atoms with Gasteiger partial charge in [-0.1, -0.05) is 28.1 Å². The molecule has 0 aliphatic carbocycles. The number of carbonyl (C=O) groups is 1. The Balaban J connectivity index is 2.41. The first kappa shape index (κ1) is 13.4. The molecule has 0 amide bonds. The van der Waals surface area contributed by atoms with Crippen molar-refractivity contribution >= 4 is 44.8 Å². The molecule has 0 bridgehead atoms. The number of hydrogen-bond acceptors (Lipinski definition) is 2. The molecule has 5 heteroatoms. The first-order valence-corrected chi connectivity index (χ1v) is 6.81. The van der Waals surface area contributed by atoms with E-state index in [4.69, 9.17) is 12.2 Å². The quantitative estimate of drug-likeness (QED) is 0.850. The summed E-state index contributed by atoms with van der Waals surface area (Å²) in [6.07, 6.45) is 0. The fourth-order valence-corrected chi connectivity index (χ4v) is 2.73. The average molecular weight is 325 g/mol. The first-order chi connectivity index (χ1) is 8.49. The number of aliphatic imine (C=N–C) groups is 1. The Morgan fingerprint density at radius 3 is 2.56 bits per heavy atom. The van der Waals surface area contributed by atoms with Gasteiger partial charge in [-0.05, 0) is 43.8 Å². The predicted octanol–water partition coefficient (Wildman–Crippen LogP) is 3.04. The Morgan fingerprint density at radius 1 is 1.39 bits per heavy atom. The minimum Gasteiger partial charge on any atom is -0.353 e. The van der Waals surface area contributed by atoms with E-state index in [0.29, 0.717) is 5.11 Å². The van der Waals surface area contributed by atoms with Gasteiger partial charge in [0.2, 0.25) is 0 Å². The summed E-state index contributed by atoms with van der Waals surface area (Å²) in [5.41, 5.74) is 1.81. The monoisotopic (exact) mass is 324 g/mol. The van der Waals surface area contributed by atoms with E-state index in [0.717, 1.165) is 15.7 Å². The van der Waals surface area contributed by atoms with Gasteiger partial charge in [-0.3, -0.25) is 4.79 Å². The molecule has 94 valence electrons. The van der Waals surface area contributed by atoms with Gasteiger partial charge in [0.1, 0.15) is 5.78 Å². The second-order valence-electron chi connectivity index (χ2n) is 4.32. The molecule has 18 heavy (non-hydrogen) atoms. The maximum atomic E-state index is 11.8. The van der Waals surface area contributed by atoms with Crippen LogP contribution in [0, 0.1) is 5.92 Å². The van der Waals surface area contributed by atoms with Gasteiger partial charge in [-0.2, -0.15) is 0 Å². The number of hydrogen-bond donors (Lipinski definition) is 1. The van der Waals surface area contributed by atoms with Gasteiger partial charge in [0.15, 0.2) is 5.11 Å². The van der Waals surface area contributed by atoms with Crippen LogP contribution in [-0.4, -0.2) is 16.6 Å². The van der Waals surface area contributed by atoms with Crippen LogP contribution in [0.15, 0.2) is 33.7 Å². The Labute approximate surface area is 120 Å². The van der Waals surface area contributed by atoms with Gasteiger partial charge in [0.05, 0.1) is 12.0 Å². The normalized spacial score (nSPS) is 23.3. The number of Topliss-reactive ketones (excluding diaryl/α,β-unsaturated/α-hetero) is 1. The van der Waals surface area contributed by atoms with E-state index in [9.17, 15) is 4.79 Å². The van der Waals surface area contributed by atoms with E-state index in [2.05, 4.69) is 26.2 Å². The van der Waals surface area contributed by atoms with Crippen molar-refractivity contribution in [3.05, 3.63) is 34.3 Å². The molecule has 1 N–H and O–H groups in total. The Morgan fingerprint density at radius 2 is 2.00 bits per heavy atom. The standard InChI is InChI=1S/C13H13BrN2OS/c1-7-11(8(2)17)12(16-13(18)15-7)9-3-5-10(14)6-4-9/h3-6,11-12H,1-2H3,(H,16,18). The zero-order valence-corrected chi connectivity index (χ0v) is 12.5. The Hall–Kier alpha value is -1.07. The number of nitrogens with zero attached hydrogens (tertiary/aromatic N) is 1. The van der Waals surface area contributed by atoms with Gasteiger partial charge < -0.3 is 5.32 Å². The fourth-order valence-electron chi connectivity index (χ4n) is 2.19. The van der Waals surface area contributed by atoms with Crippen LogP contribution >= 0.6 is 28.1 Å². The summed E-state index contributed by atoms with van der Waals surface area (Å²) in [6.45, 7) is 3.44. The highest BCUT2D eigenvalue weighted by molar-refractivity contribution is 9.10. The van der Waals surface area contributed by atoms with Crippen molar-refractivity contribution in [2.45, 2.75) is 19.9 Å². The molecule has 2 rings (SSSR count). The van der Waals surface area contributed by atoms with Crippen LogP contribution in [0.2, 0.25) is 0 Å². The molecule has 1 aliphatic heterocycles. The van der Waals surface area contributed by atoms with E-state index < -0.39 is 0 Å². The molecule has 2 unspecified atom stereocenters. The zero-order chi connectivity index (χ0) is 13.3. The molecule has 0 fully saturated rings. The first-order valence-electron chi connectivity index (χ1n) is 5.60. The van der Waals surface area contributed by atoms with E-state index in [-0.39, 0.29) is 17.7 Å². The molecular weight excluding hydrogens is 312 g/mol. The Kier molecular flexibility index (Phi) is 3.92. The molecule has 0 saturated heterocycles. The highest BCUT2D eigenvalue weighted by Gasteiger charge is 2.33. The summed E-state index contributed by atoms with van der Waals surface area (Å²) in [7, 11) is 0. The van der Waals surface area contributed by atoms with Gasteiger partial charge in [-0.15, -0.1) is 0 Å². The van der Waals surface area contributed by atoms with Crippen molar-refractivity contribution in [1.29, 1.82) is 0 Å². The molecule has 1 aliphatic rings. The minimum absolute atomic E-state index is 0.0965. The SMILES string of the molecule is CC(=O)C1C(C)=NC(=S)NC1c1ccc(Br)cc1. The highest BCUT2D eigenvalue weighted by atomic mass is 79.9. The zero-order valence-electron chi connectivity index (χ0n) is 10.1. The average Bonchev–Trinajstić information content (AvgIpc) is 2.28. The summed E-state index contributed by atoms with van der Waals surface area (Å²) >= 11 is 8.51. The number of carbonyl (C=O) groups excluding carboxylic acids is 1. The molecule has 0 saturated carbocycles. The fraction of sp³-hybridized carbons (Fsp3) is 0.308. The topological polar surface area (TPSA) is 41.5 Å². The van der Waals surface area contributed by atoms with Crippen molar-refractivity contribution < 1.29 is 4.79 Å². The van der Waals surface area contributed by atoms with Crippen LogP contribution in [0.25, 0.3) is 0 Å². The second kappa shape index (κ2) is 5.28. The minimum atomic E-state index is -0.252. The number of nitrogens with one attached hydrogen (secondary N) is 1.